The van der Waals surface area contributed by atoms with Gasteiger partial charge in [0.05, 0.1) is 14.2 Å². The number of benzene rings is 1. The third-order valence-electron chi connectivity index (χ3n) is 2.56. The largest absolute Gasteiger partial charge is 0.505 e. The number of halogens is 1. The molecule has 0 unspecified atom stereocenters. The molecule has 0 atom stereocenters. The summed E-state index contributed by atoms with van der Waals surface area (Å²) in [5.41, 5.74) is -0.673. The van der Waals surface area contributed by atoms with Crippen molar-refractivity contribution in [3.8, 4) is 28.6 Å². The Kier molecular flexibility index (Phi) is 3.47. The average Bonchev–Trinajstić information content (AvgIpc) is 2.90. The molecule has 7 nitrogen and oxygen atoms in total. The number of phenolic OH excluding ortho intramolecular Hbond substituents is 1. The fourth-order valence-electron chi connectivity index (χ4n) is 1.67. The van der Waals surface area contributed by atoms with Gasteiger partial charge in [-0.2, -0.15) is 0 Å². The van der Waals surface area contributed by atoms with Gasteiger partial charge >= 0.3 is 5.97 Å². The highest BCUT2D eigenvalue weighted by Crippen LogP contribution is 2.44. The average molecular weight is 283 g/mol. The van der Waals surface area contributed by atoms with Gasteiger partial charge in [-0.1, -0.05) is 5.16 Å². The van der Waals surface area contributed by atoms with Crippen molar-refractivity contribution in [1.82, 2.24) is 5.16 Å². The van der Waals surface area contributed by atoms with Gasteiger partial charge in [-0.15, -0.1) is 0 Å². The van der Waals surface area contributed by atoms with E-state index in [1.165, 1.54) is 14.2 Å². The topological polar surface area (TPSA) is 102 Å². The second-order valence-corrected chi connectivity index (χ2v) is 3.70. The fraction of sp³-hybridized carbons (Fsp3) is 0.167. The Morgan fingerprint density at radius 3 is 2.55 bits per heavy atom. The number of carbonyl (C=O) groups is 1. The van der Waals surface area contributed by atoms with Gasteiger partial charge in [0.2, 0.25) is 0 Å². The van der Waals surface area contributed by atoms with E-state index in [-0.39, 0.29) is 22.8 Å². The predicted octanol–water partition coefficient (Wildman–Crippen LogP) is 1.90. The monoisotopic (exact) mass is 283 g/mol. The van der Waals surface area contributed by atoms with Crippen LogP contribution in [0.1, 0.15) is 10.5 Å². The maximum Gasteiger partial charge on any atom is 0.358 e. The highest BCUT2D eigenvalue weighted by molar-refractivity contribution is 5.87. The van der Waals surface area contributed by atoms with E-state index in [0.717, 1.165) is 12.1 Å². The summed E-state index contributed by atoms with van der Waals surface area (Å²) >= 11 is 0. The van der Waals surface area contributed by atoms with Crippen LogP contribution in [0.4, 0.5) is 4.39 Å². The molecule has 1 aromatic heterocycles. The number of methoxy groups -OCH3 is 2. The maximum atomic E-state index is 14.0. The smallest absolute Gasteiger partial charge is 0.358 e. The van der Waals surface area contributed by atoms with Gasteiger partial charge in [-0.05, 0) is 0 Å². The standard InChI is InChI=1S/C12H10FNO6/c1-18-8-4-6(15)10(13)9(11(8)19-2)7-3-5(12(16)17)14-20-7/h3-4,15H,1-2H3,(H,16,17). The Morgan fingerprint density at radius 1 is 1.35 bits per heavy atom. The molecule has 0 saturated carbocycles. The number of aromatic carboxylic acids is 1. The summed E-state index contributed by atoms with van der Waals surface area (Å²) in [5, 5.41) is 21.6. The highest BCUT2D eigenvalue weighted by Gasteiger charge is 2.25. The van der Waals surface area contributed by atoms with Crippen molar-refractivity contribution in [2.24, 2.45) is 0 Å². The summed E-state index contributed by atoms with van der Waals surface area (Å²) < 4.78 is 28.8. The van der Waals surface area contributed by atoms with Crippen LogP contribution < -0.4 is 9.47 Å². The van der Waals surface area contributed by atoms with E-state index in [2.05, 4.69) is 5.16 Å². The van der Waals surface area contributed by atoms with E-state index in [4.69, 9.17) is 19.1 Å². The van der Waals surface area contributed by atoms with Crippen LogP contribution >= 0.6 is 0 Å². The Morgan fingerprint density at radius 2 is 2.05 bits per heavy atom. The number of carboxylic acid groups (broad SMARTS) is 1. The molecule has 2 N–H and O–H groups in total. The quantitative estimate of drug-likeness (QED) is 0.883. The lowest BCUT2D eigenvalue weighted by Crippen LogP contribution is -1.97. The van der Waals surface area contributed by atoms with Gasteiger partial charge in [-0.25, -0.2) is 9.18 Å². The van der Waals surface area contributed by atoms with Gasteiger partial charge in [0.1, 0.15) is 5.56 Å². The van der Waals surface area contributed by atoms with Crippen molar-refractivity contribution in [3.05, 3.63) is 23.6 Å². The van der Waals surface area contributed by atoms with Gasteiger partial charge < -0.3 is 24.2 Å². The first-order valence-corrected chi connectivity index (χ1v) is 5.33. The Bertz CT molecular complexity index is 666. The van der Waals surface area contributed by atoms with Crippen molar-refractivity contribution in [1.29, 1.82) is 0 Å². The van der Waals surface area contributed by atoms with Gasteiger partial charge in [0.15, 0.2) is 34.5 Å². The van der Waals surface area contributed by atoms with E-state index < -0.39 is 23.2 Å². The number of aromatic nitrogens is 1. The fourth-order valence-corrected chi connectivity index (χ4v) is 1.67. The van der Waals surface area contributed by atoms with Crippen LogP contribution in [0, 0.1) is 5.82 Å². The molecule has 0 saturated heterocycles. The van der Waals surface area contributed by atoms with Crippen LogP contribution in [-0.2, 0) is 0 Å². The Labute approximate surface area is 112 Å². The van der Waals surface area contributed by atoms with Crippen LogP contribution in [0.5, 0.6) is 17.2 Å². The molecule has 1 heterocycles. The lowest BCUT2D eigenvalue weighted by Gasteiger charge is -2.12. The SMILES string of the molecule is COc1cc(O)c(F)c(-c2cc(C(=O)O)no2)c1OC. The molecule has 8 heteroatoms. The number of hydrogen-bond donors (Lipinski definition) is 2. The molecule has 0 amide bonds. The minimum absolute atomic E-state index is 0.0455. The first kappa shape index (κ1) is 13.7. The van der Waals surface area contributed by atoms with Crippen molar-refractivity contribution in [3.63, 3.8) is 0 Å². The van der Waals surface area contributed by atoms with Crippen molar-refractivity contribution < 1.29 is 33.4 Å². The normalized spacial score (nSPS) is 10.3. The summed E-state index contributed by atoms with van der Waals surface area (Å²) in [6.07, 6.45) is 0. The minimum Gasteiger partial charge on any atom is -0.505 e. The Balaban J connectivity index is 2.70. The van der Waals surface area contributed by atoms with Crippen LogP contribution in [0.15, 0.2) is 16.7 Å². The minimum atomic E-state index is -1.33. The molecule has 1 aromatic carbocycles. The molecule has 0 bridgehead atoms. The lowest BCUT2D eigenvalue weighted by atomic mass is 10.1. The van der Waals surface area contributed by atoms with E-state index in [1.807, 2.05) is 0 Å². The number of carboxylic acids is 1. The second kappa shape index (κ2) is 5.08. The van der Waals surface area contributed by atoms with Gasteiger partial charge in [0.25, 0.3) is 0 Å². The van der Waals surface area contributed by atoms with Crippen LogP contribution in [0.2, 0.25) is 0 Å². The highest BCUT2D eigenvalue weighted by atomic mass is 19.1. The molecule has 0 spiro atoms. The van der Waals surface area contributed by atoms with E-state index in [1.54, 1.807) is 0 Å². The number of rotatable bonds is 4. The zero-order chi connectivity index (χ0) is 14.9. The van der Waals surface area contributed by atoms with Crippen molar-refractivity contribution in [2.45, 2.75) is 0 Å². The van der Waals surface area contributed by atoms with Crippen LogP contribution in [-0.4, -0.2) is 35.6 Å². The van der Waals surface area contributed by atoms with Gasteiger partial charge in [-0.3, -0.25) is 0 Å². The second-order valence-electron chi connectivity index (χ2n) is 3.70. The van der Waals surface area contributed by atoms with E-state index in [0.29, 0.717) is 0 Å². The molecule has 0 aliphatic heterocycles. The molecule has 0 aliphatic carbocycles. The molecular formula is C12H10FNO6. The number of ether oxygens (including phenoxy) is 2. The summed E-state index contributed by atoms with van der Waals surface area (Å²) in [5.74, 6) is -3.23. The van der Waals surface area contributed by atoms with Gasteiger partial charge in [0, 0.05) is 12.1 Å². The molecule has 2 aromatic rings. The maximum absolute atomic E-state index is 14.0. The number of aromatic hydroxyl groups is 1. The molecule has 106 valence electrons. The molecule has 0 aliphatic rings. The summed E-state index contributed by atoms with van der Waals surface area (Å²) in [6, 6.07) is 2.05. The zero-order valence-corrected chi connectivity index (χ0v) is 10.5. The van der Waals surface area contributed by atoms with Crippen LogP contribution in [0.25, 0.3) is 11.3 Å². The van der Waals surface area contributed by atoms with Crippen molar-refractivity contribution in [2.75, 3.05) is 14.2 Å². The number of hydrogen-bond acceptors (Lipinski definition) is 6. The molecule has 0 radical (unpaired) electrons. The summed E-state index contributed by atoms with van der Waals surface area (Å²) in [4.78, 5) is 10.8. The summed E-state index contributed by atoms with van der Waals surface area (Å²) in [7, 11) is 2.58. The zero-order valence-electron chi connectivity index (χ0n) is 10.5. The lowest BCUT2D eigenvalue weighted by molar-refractivity contribution is 0.0686. The third kappa shape index (κ3) is 2.11. The van der Waals surface area contributed by atoms with Crippen molar-refractivity contribution >= 4 is 5.97 Å². The van der Waals surface area contributed by atoms with Crippen LogP contribution in [0.3, 0.4) is 0 Å². The molecular weight excluding hydrogens is 273 g/mol. The third-order valence-corrected chi connectivity index (χ3v) is 2.56. The summed E-state index contributed by atoms with van der Waals surface area (Å²) in [6.45, 7) is 0. The molecule has 0 fully saturated rings. The number of nitrogens with zero attached hydrogens (tertiary/aromatic N) is 1. The molecule has 2 rings (SSSR count). The molecule has 20 heavy (non-hydrogen) atoms. The number of phenols is 1. The Hall–Kier alpha value is -2.77. The van der Waals surface area contributed by atoms with E-state index >= 15 is 0 Å². The predicted molar refractivity (Wildman–Crippen MR) is 63.6 cm³/mol. The first-order chi connectivity index (χ1) is 9.49. The first-order valence-electron chi connectivity index (χ1n) is 5.33. The van der Waals surface area contributed by atoms with E-state index in [9.17, 15) is 14.3 Å².